The van der Waals surface area contributed by atoms with Crippen LogP contribution in [0, 0.1) is 5.92 Å². The van der Waals surface area contributed by atoms with Crippen LogP contribution in [0.15, 0.2) is 16.8 Å². The van der Waals surface area contributed by atoms with Crippen molar-refractivity contribution in [3.63, 3.8) is 0 Å². The highest BCUT2D eigenvalue weighted by Crippen LogP contribution is 2.25. The van der Waals surface area contributed by atoms with E-state index >= 15 is 0 Å². The van der Waals surface area contributed by atoms with Crippen LogP contribution in [0.25, 0.3) is 0 Å². The van der Waals surface area contributed by atoms with Gasteiger partial charge in [0.2, 0.25) is 0 Å². The SMILES string of the molecule is CCCC(CCC)C(Cl)Cc1ccsc1. The summed E-state index contributed by atoms with van der Waals surface area (Å²) in [5.41, 5.74) is 1.40. The second kappa shape index (κ2) is 7.29. The molecule has 2 heteroatoms. The van der Waals surface area contributed by atoms with Gasteiger partial charge in [-0.25, -0.2) is 0 Å². The maximum atomic E-state index is 6.50. The summed E-state index contributed by atoms with van der Waals surface area (Å²) < 4.78 is 0. The van der Waals surface area contributed by atoms with Gasteiger partial charge in [-0.1, -0.05) is 26.7 Å². The minimum Gasteiger partial charge on any atom is -0.152 e. The van der Waals surface area contributed by atoms with Gasteiger partial charge in [0.15, 0.2) is 0 Å². The van der Waals surface area contributed by atoms with Gasteiger partial charge in [0, 0.05) is 5.38 Å². The Kier molecular flexibility index (Phi) is 6.35. The molecule has 0 nitrogen and oxygen atoms in total. The number of halogens is 1. The van der Waals surface area contributed by atoms with Crippen LogP contribution in [0.3, 0.4) is 0 Å². The van der Waals surface area contributed by atoms with Crippen molar-refractivity contribution in [1.82, 2.24) is 0 Å². The molecule has 0 radical (unpaired) electrons. The second-order valence-corrected chi connectivity index (χ2v) is 5.53. The van der Waals surface area contributed by atoms with Gasteiger partial charge in [0.25, 0.3) is 0 Å². The lowest BCUT2D eigenvalue weighted by molar-refractivity contribution is 0.418. The van der Waals surface area contributed by atoms with E-state index in [0.717, 1.165) is 6.42 Å². The average molecular weight is 245 g/mol. The number of hydrogen-bond donors (Lipinski definition) is 0. The molecule has 1 aromatic heterocycles. The van der Waals surface area contributed by atoms with E-state index in [-0.39, 0.29) is 0 Å². The molecule has 1 atom stereocenters. The zero-order valence-corrected chi connectivity index (χ0v) is 11.3. The summed E-state index contributed by atoms with van der Waals surface area (Å²) in [5.74, 6) is 0.696. The Hall–Kier alpha value is -0.0100. The van der Waals surface area contributed by atoms with Crippen LogP contribution in [0.5, 0.6) is 0 Å². The fourth-order valence-electron chi connectivity index (χ4n) is 2.05. The lowest BCUT2D eigenvalue weighted by Crippen LogP contribution is -2.17. The molecule has 1 heterocycles. The summed E-state index contributed by atoms with van der Waals surface area (Å²) in [6.07, 6.45) is 6.07. The highest BCUT2D eigenvalue weighted by Gasteiger charge is 2.18. The normalized spacial score (nSPS) is 13.3. The molecule has 0 aromatic carbocycles. The molecule has 0 aliphatic heterocycles. The van der Waals surface area contributed by atoms with Crippen molar-refractivity contribution in [2.75, 3.05) is 0 Å². The lowest BCUT2D eigenvalue weighted by Gasteiger charge is -2.20. The molecular weight excluding hydrogens is 224 g/mol. The first-order valence-electron chi connectivity index (χ1n) is 5.93. The van der Waals surface area contributed by atoms with Crippen molar-refractivity contribution in [2.45, 2.75) is 51.3 Å². The third-order valence-electron chi connectivity index (χ3n) is 2.84. The van der Waals surface area contributed by atoms with Crippen LogP contribution >= 0.6 is 22.9 Å². The zero-order valence-electron chi connectivity index (χ0n) is 9.71. The molecule has 86 valence electrons. The van der Waals surface area contributed by atoms with Crippen molar-refractivity contribution in [3.05, 3.63) is 22.4 Å². The van der Waals surface area contributed by atoms with Crippen LogP contribution in [-0.4, -0.2) is 5.38 Å². The second-order valence-electron chi connectivity index (χ2n) is 4.19. The molecule has 1 rings (SSSR count). The van der Waals surface area contributed by atoms with Crippen molar-refractivity contribution in [3.8, 4) is 0 Å². The van der Waals surface area contributed by atoms with E-state index in [0.29, 0.717) is 11.3 Å². The maximum absolute atomic E-state index is 6.50. The molecule has 1 unspecified atom stereocenters. The Morgan fingerprint density at radius 2 is 1.93 bits per heavy atom. The zero-order chi connectivity index (χ0) is 11.1. The molecule has 0 aliphatic rings. The summed E-state index contributed by atoms with van der Waals surface area (Å²) in [7, 11) is 0. The Labute approximate surface area is 103 Å². The van der Waals surface area contributed by atoms with E-state index in [1.54, 1.807) is 11.3 Å². The number of rotatable bonds is 7. The first-order chi connectivity index (χ1) is 7.27. The maximum Gasteiger partial charge on any atom is 0.0404 e. The Morgan fingerprint density at radius 3 is 2.40 bits per heavy atom. The smallest absolute Gasteiger partial charge is 0.0404 e. The topological polar surface area (TPSA) is 0 Å². The lowest BCUT2D eigenvalue weighted by atomic mass is 9.91. The minimum absolute atomic E-state index is 0.319. The van der Waals surface area contributed by atoms with Gasteiger partial charge in [0.05, 0.1) is 0 Å². The quantitative estimate of drug-likeness (QED) is 0.585. The largest absolute Gasteiger partial charge is 0.152 e. The molecule has 0 fully saturated rings. The van der Waals surface area contributed by atoms with E-state index in [4.69, 9.17) is 11.6 Å². The predicted molar refractivity (Wildman–Crippen MR) is 71.0 cm³/mol. The van der Waals surface area contributed by atoms with Crippen LogP contribution in [-0.2, 0) is 6.42 Å². The fraction of sp³-hybridized carbons (Fsp3) is 0.692. The molecule has 0 N–H and O–H groups in total. The first-order valence-corrected chi connectivity index (χ1v) is 7.31. The van der Waals surface area contributed by atoms with Gasteiger partial charge >= 0.3 is 0 Å². The van der Waals surface area contributed by atoms with Crippen molar-refractivity contribution < 1.29 is 0 Å². The number of alkyl halides is 1. The molecule has 0 saturated carbocycles. The average Bonchev–Trinajstić information content (AvgIpc) is 2.70. The van der Waals surface area contributed by atoms with Crippen molar-refractivity contribution >= 4 is 22.9 Å². The fourth-order valence-corrected chi connectivity index (χ4v) is 3.16. The van der Waals surface area contributed by atoms with E-state index in [1.807, 2.05) is 0 Å². The number of thiophene rings is 1. The molecule has 15 heavy (non-hydrogen) atoms. The highest BCUT2D eigenvalue weighted by molar-refractivity contribution is 7.07. The minimum atomic E-state index is 0.319. The first kappa shape index (κ1) is 13.1. The molecule has 0 bridgehead atoms. The molecule has 0 saturated heterocycles. The van der Waals surface area contributed by atoms with Gasteiger partial charge in [0.1, 0.15) is 0 Å². The van der Waals surface area contributed by atoms with Gasteiger partial charge in [-0.2, -0.15) is 11.3 Å². The predicted octanol–water partition coefficient (Wildman–Crippen LogP) is 5.11. The summed E-state index contributed by atoms with van der Waals surface area (Å²) in [5, 5.41) is 4.66. The molecule has 0 spiro atoms. The molecule has 0 aliphatic carbocycles. The van der Waals surface area contributed by atoms with Gasteiger partial charge in [-0.3, -0.25) is 0 Å². The van der Waals surface area contributed by atoms with Crippen LogP contribution in [0.4, 0.5) is 0 Å². The van der Waals surface area contributed by atoms with Gasteiger partial charge in [-0.15, -0.1) is 11.6 Å². The van der Waals surface area contributed by atoms with E-state index in [9.17, 15) is 0 Å². The Balaban J connectivity index is 2.44. The third kappa shape index (κ3) is 4.56. The van der Waals surface area contributed by atoms with E-state index in [1.165, 1.54) is 31.2 Å². The molecule has 1 aromatic rings. The Bertz CT molecular complexity index is 237. The standard InChI is InChI=1S/C13H21ClS/c1-3-5-12(6-4-2)13(14)9-11-7-8-15-10-11/h7-8,10,12-13H,3-6,9H2,1-2H3. The molecular formula is C13H21ClS. The molecule has 0 amide bonds. The van der Waals surface area contributed by atoms with Crippen molar-refractivity contribution in [2.24, 2.45) is 5.92 Å². The summed E-state index contributed by atoms with van der Waals surface area (Å²) in [6, 6.07) is 2.19. The summed E-state index contributed by atoms with van der Waals surface area (Å²) in [4.78, 5) is 0. The van der Waals surface area contributed by atoms with Crippen molar-refractivity contribution in [1.29, 1.82) is 0 Å². The Morgan fingerprint density at radius 1 is 1.27 bits per heavy atom. The summed E-state index contributed by atoms with van der Waals surface area (Å²) in [6.45, 7) is 4.49. The van der Waals surface area contributed by atoms with Crippen LogP contribution in [0.2, 0.25) is 0 Å². The third-order valence-corrected chi connectivity index (χ3v) is 4.08. The van der Waals surface area contributed by atoms with E-state index < -0.39 is 0 Å². The van der Waals surface area contributed by atoms with Gasteiger partial charge in [-0.05, 0) is 47.6 Å². The van der Waals surface area contributed by atoms with Crippen LogP contribution < -0.4 is 0 Å². The van der Waals surface area contributed by atoms with E-state index in [2.05, 4.69) is 30.7 Å². The van der Waals surface area contributed by atoms with Crippen LogP contribution in [0.1, 0.15) is 45.1 Å². The van der Waals surface area contributed by atoms with Gasteiger partial charge < -0.3 is 0 Å². The number of hydrogen-bond acceptors (Lipinski definition) is 1. The summed E-state index contributed by atoms with van der Waals surface area (Å²) >= 11 is 8.26. The highest BCUT2D eigenvalue weighted by atomic mass is 35.5. The monoisotopic (exact) mass is 244 g/mol.